The Morgan fingerprint density at radius 3 is 2.43 bits per heavy atom. The molecule has 4 rings (SSSR count). The highest BCUT2D eigenvalue weighted by Gasteiger charge is 2.18. The summed E-state index contributed by atoms with van der Waals surface area (Å²) in [4.78, 5) is 23.1. The minimum absolute atomic E-state index is 0.171. The topological polar surface area (TPSA) is 125 Å². The zero-order valence-corrected chi connectivity index (χ0v) is 21.4. The predicted octanol–water partition coefficient (Wildman–Crippen LogP) is 2.03. The van der Waals surface area contributed by atoms with E-state index in [-0.39, 0.29) is 24.1 Å². The fourth-order valence-electron chi connectivity index (χ4n) is 3.45. The average molecular weight is 527 g/mol. The van der Waals surface area contributed by atoms with Gasteiger partial charge in [-0.25, -0.2) is 14.1 Å². The van der Waals surface area contributed by atoms with Gasteiger partial charge in [0.2, 0.25) is 0 Å². The molecule has 11 nitrogen and oxygen atoms in total. The van der Waals surface area contributed by atoms with Gasteiger partial charge in [-0.05, 0) is 50.0 Å². The number of carbonyl (C=O) groups is 1. The zero-order valence-electron chi connectivity index (χ0n) is 20.6. The van der Waals surface area contributed by atoms with Gasteiger partial charge in [0.1, 0.15) is 11.6 Å². The summed E-state index contributed by atoms with van der Waals surface area (Å²) in [6.07, 6.45) is 6.10. The monoisotopic (exact) mass is 526 g/mol. The summed E-state index contributed by atoms with van der Waals surface area (Å²) in [5.74, 6) is -0.538. The van der Waals surface area contributed by atoms with E-state index in [1.54, 1.807) is 35.3 Å². The molecule has 0 atom stereocenters. The molecule has 2 N–H and O–H groups in total. The second kappa shape index (κ2) is 11.0. The minimum Gasteiger partial charge on any atom is -0.348 e. The Labute approximate surface area is 214 Å². The van der Waals surface area contributed by atoms with Crippen molar-refractivity contribution in [2.24, 2.45) is 0 Å². The highest BCUT2D eigenvalue weighted by molar-refractivity contribution is 7.90. The first-order chi connectivity index (χ1) is 17.6. The fraction of sp³-hybridized carbons (Fsp3) is 0.250. The summed E-state index contributed by atoms with van der Waals surface area (Å²) in [5, 5.41) is 7.75. The Bertz CT molecular complexity index is 1490. The first kappa shape index (κ1) is 26.1. The van der Waals surface area contributed by atoms with Gasteiger partial charge in [-0.3, -0.25) is 14.5 Å². The van der Waals surface area contributed by atoms with Crippen LogP contribution in [-0.2, 0) is 16.8 Å². The molecule has 0 bridgehead atoms. The van der Waals surface area contributed by atoms with Crippen LogP contribution in [0.2, 0.25) is 0 Å². The summed E-state index contributed by atoms with van der Waals surface area (Å²) >= 11 is 0. The molecule has 0 saturated heterocycles. The molecule has 0 radical (unpaired) electrons. The molecule has 0 aliphatic heterocycles. The van der Waals surface area contributed by atoms with Crippen LogP contribution in [0.25, 0.3) is 16.6 Å². The lowest BCUT2D eigenvalue weighted by Gasteiger charge is -2.19. The van der Waals surface area contributed by atoms with E-state index >= 15 is 0 Å². The third kappa shape index (κ3) is 6.25. The van der Waals surface area contributed by atoms with Gasteiger partial charge in [-0.1, -0.05) is 6.07 Å². The molecule has 1 amide bonds. The first-order valence-electron chi connectivity index (χ1n) is 11.3. The number of amides is 1. The smallest absolute Gasteiger partial charge is 0.302 e. The van der Waals surface area contributed by atoms with Crippen molar-refractivity contribution in [1.29, 1.82) is 0 Å². The van der Waals surface area contributed by atoms with Crippen molar-refractivity contribution < 1.29 is 17.6 Å². The van der Waals surface area contributed by atoms with Gasteiger partial charge >= 0.3 is 10.2 Å². The Morgan fingerprint density at radius 1 is 1.00 bits per heavy atom. The maximum absolute atomic E-state index is 13.3. The van der Waals surface area contributed by atoms with Crippen LogP contribution in [0.5, 0.6) is 0 Å². The van der Waals surface area contributed by atoms with Crippen molar-refractivity contribution in [2.45, 2.75) is 6.54 Å². The van der Waals surface area contributed by atoms with Crippen molar-refractivity contribution in [3.8, 4) is 5.69 Å². The highest BCUT2D eigenvalue weighted by Crippen LogP contribution is 2.21. The van der Waals surface area contributed by atoms with Gasteiger partial charge in [0.15, 0.2) is 0 Å². The summed E-state index contributed by atoms with van der Waals surface area (Å²) in [7, 11) is 1.49. The number of hydrogen-bond donors (Lipinski definition) is 2. The average Bonchev–Trinajstić information content (AvgIpc) is 3.31. The van der Waals surface area contributed by atoms with Crippen LogP contribution in [0.1, 0.15) is 15.9 Å². The quantitative estimate of drug-likeness (QED) is 0.324. The Morgan fingerprint density at radius 2 is 1.76 bits per heavy atom. The Kier molecular flexibility index (Phi) is 7.76. The summed E-state index contributed by atoms with van der Waals surface area (Å²) in [6, 6.07) is 9.06. The molecule has 3 heterocycles. The molecule has 194 valence electrons. The second-order valence-corrected chi connectivity index (χ2v) is 10.4. The first-order valence-corrected chi connectivity index (χ1v) is 12.8. The van der Waals surface area contributed by atoms with Crippen LogP contribution in [0, 0.1) is 5.82 Å². The van der Waals surface area contributed by atoms with Crippen LogP contribution < -0.4 is 10.0 Å². The number of benzene rings is 1. The van der Waals surface area contributed by atoms with Crippen LogP contribution in [0.4, 0.5) is 10.2 Å². The number of aromatic nitrogens is 4. The molecule has 1 aromatic carbocycles. The maximum Gasteiger partial charge on any atom is 0.302 e. The van der Waals surface area contributed by atoms with E-state index in [2.05, 4.69) is 25.1 Å². The Hall–Kier alpha value is -3.94. The highest BCUT2D eigenvalue weighted by atomic mass is 32.2. The lowest BCUT2D eigenvalue weighted by molar-refractivity contribution is 0.0952. The minimum atomic E-state index is -3.73. The van der Waals surface area contributed by atoms with Crippen molar-refractivity contribution in [1.82, 2.24) is 34.3 Å². The number of hydrogen-bond acceptors (Lipinski definition) is 7. The van der Waals surface area contributed by atoms with Gasteiger partial charge in [-0.15, -0.1) is 0 Å². The second-order valence-electron chi connectivity index (χ2n) is 8.62. The normalized spacial score (nSPS) is 11.8. The molecule has 3 aromatic heterocycles. The molecule has 0 aliphatic carbocycles. The van der Waals surface area contributed by atoms with Gasteiger partial charge < -0.3 is 10.2 Å². The van der Waals surface area contributed by atoms with Crippen molar-refractivity contribution in [3.63, 3.8) is 0 Å². The standard InChI is InChI=1S/C24H27FN8O3S/c1-31(2)10-11-32(3)37(35,36)30-23-9-4-17(12-27-23)13-28-24(34)21-14-26-16-22-20(21)15-29-33(22)19-7-5-18(25)6-8-19/h4-9,12,14-16H,10-11,13H2,1-3H3,(H,27,30)(H,28,34). The summed E-state index contributed by atoms with van der Waals surface area (Å²) < 4.78 is 43.4. The third-order valence-electron chi connectivity index (χ3n) is 5.60. The fourth-order valence-corrected chi connectivity index (χ4v) is 4.31. The number of pyridine rings is 2. The van der Waals surface area contributed by atoms with Crippen molar-refractivity contribution in [3.05, 3.63) is 78.1 Å². The summed E-state index contributed by atoms with van der Waals surface area (Å²) in [6.45, 7) is 1.08. The van der Waals surface area contributed by atoms with Gasteiger partial charge in [0.25, 0.3) is 5.91 Å². The molecular formula is C24H27FN8O3S. The van der Waals surface area contributed by atoms with E-state index in [1.165, 1.54) is 41.9 Å². The van der Waals surface area contributed by atoms with E-state index in [1.807, 2.05) is 19.0 Å². The number of nitrogens with zero attached hydrogens (tertiary/aromatic N) is 6. The van der Waals surface area contributed by atoms with Crippen molar-refractivity contribution in [2.75, 3.05) is 39.0 Å². The molecule has 0 saturated carbocycles. The zero-order chi connectivity index (χ0) is 26.6. The molecule has 0 aliphatic rings. The lowest BCUT2D eigenvalue weighted by Crippen LogP contribution is -2.37. The van der Waals surface area contributed by atoms with Gasteiger partial charge in [0, 0.05) is 44.5 Å². The molecule has 0 spiro atoms. The number of likely N-dealkylation sites (N-methyl/N-ethyl adjacent to an activating group) is 2. The number of anilines is 1. The van der Waals surface area contributed by atoms with E-state index in [0.29, 0.717) is 40.8 Å². The largest absolute Gasteiger partial charge is 0.348 e. The summed E-state index contributed by atoms with van der Waals surface area (Å²) in [5.41, 5.74) is 2.26. The van der Waals surface area contributed by atoms with Crippen LogP contribution in [0.3, 0.4) is 0 Å². The van der Waals surface area contributed by atoms with E-state index in [4.69, 9.17) is 0 Å². The molecule has 0 fully saturated rings. The number of nitrogens with one attached hydrogen (secondary N) is 2. The van der Waals surface area contributed by atoms with E-state index < -0.39 is 10.2 Å². The molecular weight excluding hydrogens is 499 g/mol. The third-order valence-corrected chi connectivity index (χ3v) is 7.07. The van der Waals surface area contributed by atoms with Crippen molar-refractivity contribution >= 4 is 32.8 Å². The SMILES string of the molecule is CN(C)CCN(C)S(=O)(=O)Nc1ccc(CNC(=O)c2cncc3c2cnn3-c2ccc(F)cc2)cn1. The van der Waals surface area contributed by atoms with Crippen LogP contribution >= 0.6 is 0 Å². The number of carbonyl (C=O) groups excluding carboxylic acids is 1. The van der Waals surface area contributed by atoms with E-state index in [0.717, 1.165) is 0 Å². The maximum atomic E-state index is 13.3. The van der Waals surface area contributed by atoms with Gasteiger partial charge in [-0.2, -0.15) is 17.8 Å². The molecule has 13 heteroatoms. The molecule has 0 unspecified atom stereocenters. The van der Waals surface area contributed by atoms with E-state index in [9.17, 15) is 17.6 Å². The number of fused-ring (bicyclic) bond motifs is 1. The lowest BCUT2D eigenvalue weighted by atomic mass is 10.1. The van der Waals surface area contributed by atoms with Crippen LogP contribution in [0.15, 0.2) is 61.2 Å². The predicted molar refractivity (Wildman–Crippen MR) is 138 cm³/mol. The molecule has 4 aromatic rings. The number of halogens is 1. The number of rotatable bonds is 10. The molecule has 37 heavy (non-hydrogen) atoms. The van der Waals surface area contributed by atoms with Crippen LogP contribution in [-0.4, -0.2) is 77.5 Å². The Balaban J connectivity index is 1.40. The van der Waals surface area contributed by atoms with Gasteiger partial charge in [0.05, 0.1) is 29.2 Å².